The van der Waals surface area contributed by atoms with Crippen molar-refractivity contribution in [2.75, 3.05) is 13.1 Å². The molecule has 1 rings (SSSR count). The molecule has 1 aliphatic rings. The molecule has 0 aromatic rings. The summed E-state index contributed by atoms with van der Waals surface area (Å²) in [4.78, 5) is 13.5. The summed E-state index contributed by atoms with van der Waals surface area (Å²) in [5, 5.41) is 0. The fraction of sp³-hybridized carbons (Fsp3) is 0.900. The number of rotatable bonds is 2. The van der Waals surface area contributed by atoms with Gasteiger partial charge >= 0.3 is 0 Å². The Morgan fingerprint density at radius 1 is 1.33 bits per heavy atom. The van der Waals surface area contributed by atoms with Crippen molar-refractivity contribution in [1.29, 1.82) is 0 Å². The molecule has 1 fully saturated rings. The molecular weight excluding hydrogens is 150 g/mol. The van der Waals surface area contributed by atoms with E-state index >= 15 is 0 Å². The third-order valence-electron chi connectivity index (χ3n) is 2.80. The highest BCUT2D eigenvalue weighted by Crippen LogP contribution is 2.22. The molecular formula is C10H19NO. The van der Waals surface area contributed by atoms with Crippen molar-refractivity contribution in [3.8, 4) is 0 Å². The molecule has 0 aliphatic carbocycles. The highest BCUT2D eigenvalue weighted by molar-refractivity contribution is 5.76. The zero-order valence-corrected chi connectivity index (χ0v) is 8.34. The van der Waals surface area contributed by atoms with Crippen LogP contribution in [0.1, 0.15) is 33.6 Å². The van der Waals surface area contributed by atoms with Crippen LogP contribution in [0.25, 0.3) is 0 Å². The monoisotopic (exact) mass is 169 g/mol. The van der Waals surface area contributed by atoms with Crippen LogP contribution in [-0.2, 0) is 4.79 Å². The molecule has 70 valence electrons. The molecule has 0 bridgehead atoms. The Hall–Kier alpha value is -0.530. The zero-order valence-electron chi connectivity index (χ0n) is 8.34. The molecule has 1 saturated heterocycles. The summed E-state index contributed by atoms with van der Waals surface area (Å²) in [6, 6.07) is 0. The van der Waals surface area contributed by atoms with Crippen LogP contribution in [0.4, 0.5) is 0 Å². The molecule has 0 aromatic carbocycles. The molecule has 1 amide bonds. The van der Waals surface area contributed by atoms with E-state index in [0.717, 1.165) is 25.9 Å². The van der Waals surface area contributed by atoms with Crippen LogP contribution in [0.5, 0.6) is 0 Å². The largest absolute Gasteiger partial charge is 0.342 e. The Kier molecular flexibility index (Phi) is 3.12. The van der Waals surface area contributed by atoms with Gasteiger partial charge in [-0.2, -0.15) is 0 Å². The van der Waals surface area contributed by atoms with Crippen molar-refractivity contribution in [2.45, 2.75) is 33.6 Å². The van der Waals surface area contributed by atoms with Crippen molar-refractivity contribution in [3.63, 3.8) is 0 Å². The van der Waals surface area contributed by atoms with Crippen LogP contribution in [0, 0.1) is 11.8 Å². The highest BCUT2D eigenvalue weighted by atomic mass is 16.2. The summed E-state index contributed by atoms with van der Waals surface area (Å²) >= 11 is 0. The van der Waals surface area contributed by atoms with E-state index in [0.29, 0.717) is 17.7 Å². The molecule has 0 saturated carbocycles. The predicted molar refractivity (Wildman–Crippen MR) is 49.8 cm³/mol. The molecule has 2 unspecified atom stereocenters. The number of likely N-dealkylation sites (tertiary alicyclic amines) is 1. The smallest absolute Gasteiger partial charge is 0.222 e. The van der Waals surface area contributed by atoms with E-state index in [1.807, 2.05) is 4.90 Å². The second-order valence-corrected chi connectivity index (χ2v) is 4.00. The molecule has 0 N–H and O–H groups in total. The lowest BCUT2D eigenvalue weighted by atomic mass is 10.0. The van der Waals surface area contributed by atoms with E-state index in [1.54, 1.807) is 0 Å². The number of carbonyl (C=O) groups excluding carboxylic acids is 1. The molecule has 1 aliphatic heterocycles. The van der Waals surface area contributed by atoms with E-state index in [1.165, 1.54) is 0 Å². The minimum atomic E-state index is 0.341. The summed E-state index contributed by atoms with van der Waals surface area (Å²) in [5.74, 6) is 1.71. The summed E-state index contributed by atoms with van der Waals surface area (Å²) < 4.78 is 0. The second-order valence-electron chi connectivity index (χ2n) is 4.00. The SMILES string of the molecule is CCCC(=O)N1CC(C)C(C)C1. The van der Waals surface area contributed by atoms with Gasteiger partial charge in [-0.25, -0.2) is 0 Å². The number of nitrogens with zero attached hydrogens (tertiary/aromatic N) is 1. The minimum absolute atomic E-state index is 0.341. The Bertz CT molecular complexity index is 157. The first-order valence-corrected chi connectivity index (χ1v) is 4.93. The standard InChI is InChI=1S/C10H19NO/c1-4-5-10(12)11-6-8(2)9(3)7-11/h8-9H,4-7H2,1-3H3. The third-order valence-corrected chi connectivity index (χ3v) is 2.80. The molecule has 0 aromatic heterocycles. The lowest BCUT2D eigenvalue weighted by Gasteiger charge is -2.14. The van der Waals surface area contributed by atoms with Gasteiger partial charge in [0.2, 0.25) is 5.91 Å². The number of amides is 1. The van der Waals surface area contributed by atoms with Crippen molar-refractivity contribution >= 4 is 5.91 Å². The zero-order chi connectivity index (χ0) is 9.14. The molecule has 2 atom stereocenters. The molecule has 2 heteroatoms. The quantitative estimate of drug-likeness (QED) is 0.618. The average molecular weight is 169 g/mol. The van der Waals surface area contributed by atoms with Crippen LogP contribution in [0.15, 0.2) is 0 Å². The average Bonchev–Trinajstić information content (AvgIpc) is 2.33. The van der Waals surface area contributed by atoms with Crippen LogP contribution < -0.4 is 0 Å². The summed E-state index contributed by atoms with van der Waals surface area (Å²) in [6.45, 7) is 8.45. The first-order valence-electron chi connectivity index (χ1n) is 4.93. The minimum Gasteiger partial charge on any atom is -0.342 e. The topological polar surface area (TPSA) is 20.3 Å². The van der Waals surface area contributed by atoms with Crippen molar-refractivity contribution in [1.82, 2.24) is 4.90 Å². The normalized spacial score (nSPS) is 29.4. The Morgan fingerprint density at radius 2 is 1.83 bits per heavy atom. The first kappa shape index (κ1) is 9.56. The lowest BCUT2D eigenvalue weighted by Crippen LogP contribution is -2.28. The van der Waals surface area contributed by atoms with Crippen LogP contribution >= 0.6 is 0 Å². The van der Waals surface area contributed by atoms with Crippen LogP contribution in [0.3, 0.4) is 0 Å². The molecule has 0 radical (unpaired) electrons. The van der Waals surface area contributed by atoms with Gasteiger partial charge in [-0.15, -0.1) is 0 Å². The van der Waals surface area contributed by atoms with E-state index in [2.05, 4.69) is 20.8 Å². The number of hydrogen-bond donors (Lipinski definition) is 0. The maximum Gasteiger partial charge on any atom is 0.222 e. The van der Waals surface area contributed by atoms with Gasteiger partial charge in [0.15, 0.2) is 0 Å². The van der Waals surface area contributed by atoms with Crippen molar-refractivity contribution in [3.05, 3.63) is 0 Å². The Balaban J connectivity index is 2.40. The predicted octanol–water partition coefficient (Wildman–Crippen LogP) is 1.90. The van der Waals surface area contributed by atoms with Gasteiger partial charge in [-0.05, 0) is 18.3 Å². The summed E-state index contributed by atoms with van der Waals surface area (Å²) in [5.41, 5.74) is 0. The van der Waals surface area contributed by atoms with E-state index in [9.17, 15) is 4.79 Å². The van der Waals surface area contributed by atoms with Gasteiger partial charge in [0, 0.05) is 19.5 Å². The van der Waals surface area contributed by atoms with Crippen molar-refractivity contribution < 1.29 is 4.79 Å². The first-order chi connectivity index (χ1) is 5.65. The highest BCUT2D eigenvalue weighted by Gasteiger charge is 2.28. The Morgan fingerprint density at radius 3 is 2.25 bits per heavy atom. The van der Waals surface area contributed by atoms with Gasteiger partial charge in [0.25, 0.3) is 0 Å². The molecule has 0 spiro atoms. The fourth-order valence-electron chi connectivity index (χ4n) is 1.71. The van der Waals surface area contributed by atoms with E-state index in [4.69, 9.17) is 0 Å². The van der Waals surface area contributed by atoms with Gasteiger partial charge in [0.05, 0.1) is 0 Å². The maximum atomic E-state index is 11.5. The van der Waals surface area contributed by atoms with E-state index < -0.39 is 0 Å². The van der Waals surface area contributed by atoms with Crippen molar-refractivity contribution in [2.24, 2.45) is 11.8 Å². The van der Waals surface area contributed by atoms with E-state index in [-0.39, 0.29) is 0 Å². The van der Waals surface area contributed by atoms with Crippen LogP contribution in [0.2, 0.25) is 0 Å². The number of carbonyl (C=O) groups is 1. The maximum absolute atomic E-state index is 11.5. The van der Waals surface area contributed by atoms with Gasteiger partial charge in [-0.3, -0.25) is 4.79 Å². The van der Waals surface area contributed by atoms with Gasteiger partial charge < -0.3 is 4.90 Å². The fourth-order valence-corrected chi connectivity index (χ4v) is 1.71. The molecule has 12 heavy (non-hydrogen) atoms. The second kappa shape index (κ2) is 3.92. The summed E-state index contributed by atoms with van der Waals surface area (Å²) in [7, 11) is 0. The molecule has 2 nitrogen and oxygen atoms in total. The Labute approximate surface area is 74.9 Å². The van der Waals surface area contributed by atoms with Crippen LogP contribution in [-0.4, -0.2) is 23.9 Å². The number of hydrogen-bond acceptors (Lipinski definition) is 1. The lowest BCUT2D eigenvalue weighted by molar-refractivity contribution is -0.130. The van der Waals surface area contributed by atoms with Gasteiger partial charge in [-0.1, -0.05) is 20.8 Å². The van der Waals surface area contributed by atoms with Gasteiger partial charge in [0.1, 0.15) is 0 Å². The summed E-state index contributed by atoms with van der Waals surface area (Å²) in [6.07, 6.45) is 1.69. The third kappa shape index (κ3) is 1.99. The molecule has 1 heterocycles.